The lowest BCUT2D eigenvalue weighted by Crippen LogP contribution is -2.07. The first kappa shape index (κ1) is 13.2. The molecule has 4 nitrogen and oxygen atoms in total. The molecule has 5 heteroatoms. The molecule has 0 saturated heterocycles. The Morgan fingerprint density at radius 2 is 2.22 bits per heavy atom. The second-order valence-corrected chi connectivity index (χ2v) is 4.53. The van der Waals surface area contributed by atoms with Crippen molar-refractivity contribution in [3.05, 3.63) is 40.6 Å². The minimum Gasteiger partial charge on any atom is -0.447 e. The summed E-state index contributed by atoms with van der Waals surface area (Å²) < 4.78 is 7.12. The smallest absolute Gasteiger partial charge is 0.193 e. The largest absolute Gasteiger partial charge is 0.447 e. The van der Waals surface area contributed by atoms with Crippen LogP contribution in [0, 0.1) is 0 Å². The van der Waals surface area contributed by atoms with Gasteiger partial charge in [-0.15, -0.1) is 0 Å². The molecule has 0 radical (unpaired) electrons. The molecule has 1 atom stereocenters. The minimum absolute atomic E-state index is 0.294. The maximum absolute atomic E-state index is 10.1. The number of hydrogen-bond acceptors (Lipinski definition) is 3. The van der Waals surface area contributed by atoms with Crippen molar-refractivity contribution in [1.29, 1.82) is 0 Å². The van der Waals surface area contributed by atoms with Crippen LogP contribution in [0.3, 0.4) is 0 Å². The van der Waals surface area contributed by atoms with E-state index < -0.39 is 6.10 Å². The van der Waals surface area contributed by atoms with Gasteiger partial charge in [0.1, 0.15) is 11.9 Å². The zero-order valence-corrected chi connectivity index (χ0v) is 11.3. The highest BCUT2D eigenvalue weighted by molar-refractivity contribution is 6.28. The van der Waals surface area contributed by atoms with Crippen molar-refractivity contribution in [2.24, 2.45) is 0 Å². The number of nitrogens with zero attached hydrogens (tertiary/aromatic N) is 2. The Hall–Kier alpha value is -1.26. The Bertz CT molecular complexity index is 519. The first-order chi connectivity index (χ1) is 8.63. The molecule has 2 heterocycles. The summed E-state index contributed by atoms with van der Waals surface area (Å²) in [6.07, 6.45) is 0.678. The van der Waals surface area contributed by atoms with Gasteiger partial charge in [0.2, 0.25) is 0 Å². The van der Waals surface area contributed by atoms with E-state index in [2.05, 4.69) is 12.0 Å². The first-order valence-electron chi connectivity index (χ1n) is 6.13. The molecule has 0 fully saturated rings. The number of furan rings is 1. The molecular weight excluding hydrogens is 252 g/mol. The topological polar surface area (TPSA) is 51.2 Å². The molecule has 2 aromatic heterocycles. The van der Waals surface area contributed by atoms with Crippen LogP contribution in [0.5, 0.6) is 0 Å². The lowest BCUT2D eigenvalue weighted by Gasteiger charge is -2.08. The Balaban J connectivity index is 2.15. The van der Waals surface area contributed by atoms with Crippen LogP contribution < -0.4 is 0 Å². The SMILES string of the molecule is CCc1cc(CC(O)c2ccc(Cl)o2)n(CC)n1. The van der Waals surface area contributed by atoms with Crippen molar-refractivity contribution < 1.29 is 9.52 Å². The van der Waals surface area contributed by atoms with Gasteiger partial charge in [-0.2, -0.15) is 5.10 Å². The molecule has 2 rings (SSSR count). The van der Waals surface area contributed by atoms with E-state index in [0.29, 0.717) is 17.4 Å². The summed E-state index contributed by atoms with van der Waals surface area (Å²) >= 11 is 5.70. The highest BCUT2D eigenvalue weighted by Gasteiger charge is 2.16. The number of hydrogen-bond donors (Lipinski definition) is 1. The molecule has 18 heavy (non-hydrogen) atoms. The molecule has 0 aliphatic heterocycles. The molecule has 0 aliphatic carbocycles. The average molecular weight is 269 g/mol. The standard InChI is InChI=1S/C13H17ClN2O2/c1-3-9-7-10(16(4-2)15-9)8-11(17)12-5-6-13(14)18-12/h5-7,11,17H,3-4,8H2,1-2H3. The van der Waals surface area contributed by atoms with Crippen LogP contribution in [-0.2, 0) is 19.4 Å². The van der Waals surface area contributed by atoms with Gasteiger partial charge in [0.15, 0.2) is 5.22 Å². The number of aryl methyl sites for hydroxylation is 2. The van der Waals surface area contributed by atoms with Crippen molar-refractivity contribution in [1.82, 2.24) is 9.78 Å². The number of halogens is 1. The molecule has 1 N–H and O–H groups in total. The van der Waals surface area contributed by atoms with Gasteiger partial charge in [-0.25, -0.2) is 0 Å². The Morgan fingerprint density at radius 1 is 1.44 bits per heavy atom. The van der Waals surface area contributed by atoms with E-state index in [9.17, 15) is 5.11 Å². The zero-order valence-electron chi connectivity index (χ0n) is 10.6. The van der Waals surface area contributed by atoms with E-state index in [1.54, 1.807) is 12.1 Å². The minimum atomic E-state index is -0.691. The molecule has 0 aromatic carbocycles. The summed E-state index contributed by atoms with van der Waals surface area (Å²) in [4.78, 5) is 0. The van der Waals surface area contributed by atoms with Gasteiger partial charge < -0.3 is 9.52 Å². The van der Waals surface area contributed by atoms with Crippen LogP contribution in [0.2, 0.25) is 5.22 Å². The Labute approximate surface area is 111 Å². The van der Waals surface area contributed by atoms with Gasteiger partial charge in [-0.3, -0.25) is 4.68 Å². The lowest BCUT2D eigenvalue weighted by molar-refractivity contribution is 0.147. The van der Waals surface area contributed by atoms with Crippen molar-refractivity contribution in [3.8, 4) is 0 Å². The normalized spacial score (nSPS) is 12.9. The van der Waals surface area contributed by atoms with E-state index in [1.165, 1.54) is 0 Å². The van der Waals surface area contributed by atoms with Gasteiger partial charge >= 0.3 is 0 Å². The summed E-state index contributed by atoms with van der Waals surface area (Å²) in [5.41, 5.74) is 2.05. The Kier molecular flexibility index (Phi) is 4.09. The summed E-state index contributed by atoms with van der Waals surface area (Å²) in [6, 6.07) is 5.35. The summed E-state index contributed by atoms with van der Waals surface area (Å²) in [6.45, 7) is 4.89. The quantitative estimate of drug-likeness (QED) is 0.907. The van der Waals surface area contributed by atoms with E-state index in [4.69, 9.17) is 16.0 Å². The summed E-state index contributed by atoms with van der Waals surface area (Å²) in [5.74, 6) is 0.488. The molecule has 0 bridgehead atoms. The zero-order chi connectivity index (χ0) is 13.1. The lowest BCUT2D eigenvalue weighted by atomic mass is 10.1. The van der Waals surface area contributed by atoms with E-state index in [0.717, 1.165) is 24.4 Å². The van der Waals surface area contributed by atoms with Crippen LogP contribution >= 0.6 is 11.6 Å². The van der Waals surface area contributed by atoms with Gasteiger partial charge in [0, 0.05) is 18.7 Å². The highest BCUT2D eigenvalue weighted by atomic mass is 35.5. The predicted octanol–water partition coefficient (Wildman–Crippen LogP) is 2.99. The van der Waals surface area contributed by atoms with E-state index in [1.807, 2.05) is 17.7 Å². The third-order valence-electron chi connectivity index (χ3n) is 2.90. The summed E-state index contributed by atoms with van der Waals surface area (Å²) in [7, 11) is 0. The molecule has 0 saturated carbocycles. The first-order valence-corrected chi connectivity index (χ1v) is 6.50. The monoisotopic (exact) mass is 268 g/mol. The van der Waals surface area contributed by atoms with Gasteiger partial charge in [-0.05, 0) is 43.1 Å². The Morgan fingerprint density at radius 3 is 2.78 bits per heavy atom. The summed E-state index contributed by atoms with van der Waals surface area (Å²) in [5, 5.41) is 14.8. The average Bonchev–Trinajstić information content (AvgIpc) is 2.95. The number of aliphatic hydroxyl groups is 1. The molecule has 0 amide bonds. The van der Waals surface area contributed by atoms with Crippen molar-refractivity contribution in [2.75, 3.05) is 0 Å². The van der Waals surface area contributed by atoms with Gasteiger partial charge in [0.25, 0.3) is 0 Å². The fraction of sp³-hybridized carbons (Fsp3) is 0.462. The van der Waals surface area contributed by atoms with Gasteiger partial charge in [0.05, 0.1) is 5.69 Å². The van der Waals surface area contributed by atoms with E-state index in [-0.39, 0.29) is 0 Å². The van der Waals surface area contributed by atoms with Crippen molar-refractivity contribution >= 4 is 11.6 Å². The second kappa shape index (κ2) is 5.59. The third-order valence-corrected chi connectivity index (χ3v) is 3.10. The second-order valence-electron chi connectivity index (χ2n) is 4.16. The molecule has 98 valence electrons. The highest BCUT2D eigenvalue weighted by Crippen LogP contribution is 2.23. The van der Waals surface area contributed by atoms with Gasteiger partial charge in [-0.1, -0.05) is 6.92 Å². The van der Waals surface area contributed by atoms with Crippen LogP contribution in [0.4, 0.5) is 0 Å². The fourth-order valence-electron chi connectivity index (χ4n) is 1.93. The van der Waals surface area contributed by atoms with Crippen LogP contribution in [0.25, 0.3) is 0 Å². The molecule has 2 aromatic rings. The van der Waals surface area contributed by atoms with Crippen LogP contribution in [0.1, 0.15) is 37.1 Å². The maximum atomic E-state index is 10.1. The number of aromatic nitrogens is 2. The molecule has 0 aliphatic rings. The number of rotatable bonds is 5. The molecular formula is C13H17ClN2O2. The van der Waals surface area contributed by atoms with Crippen molar-refractivity contribution in [2.45, 2.75) is 39.3 Å². The van der Waals surface area contributed by atoms with Crippen LogP contribution in [0.15, 0.2) is 22.6 Å². The van der Waals surface area contributed by atoms with Crippen LogP contribution in [-0.4, -0.2) is 14.9 Å². The van der Waals surface area contributed by atoms with Crippen molar-refractivity contribution in [3.63, 3.8) is 0 Å². The molecule has 1 unspecified atom stereocenters. The third kappa shape index (κ3) is 2.76. The maximum Gasteiger partial charge on any atom is 0.193 e. The predicted molar refractivity (Wildman–Crippen MR) is 69.7 cm³/mol. The fourth-order valence-corrected chi connectivity index (χ4v) is 2.08. The molecule has 0 spiro atoms. The number of aliphatic hydroxyl groups excluding tert-OH is 1. The van der Waals surface area contributed by atoms with E-state index >= 15 is 0 Å².